The van der Waals surface area contributed by atoms with Crippen LogP contribution < -0.4 is 28.6 Å². The molecule has 0 fully saturated rings. The Morgan fingerprint density at radius 2 is 1.72 bits per heavy atom. The zero-order chi connectivity index (χ0) is 25.7. The summed E-state index contributed by atoms with van der Waals surface area (Å²) in [5, 5.41) is 3.17. The van der Waals surface area contributed by atoms with Gasteiger partial charge in [0.05, 0.1) is 31.3 Å². The predicted molar refractivity (Wildman–Crippen MR) is 135 cm³/mol. The third-order valence-electron chi connectivity index (χ3n) is 5.44. The Morgan fingerprint density at radius 3 is 2.42 bits per heavy atom. The first-order valence-corrected chi connectivity index (χ1v) is 12.8. The van der Waals surface area contributed by atoms with Crippen LogP contribution in [0.3, 0.4) is 0 Å². The maximum atomic E-state index is 13.6. The van der Waals surface area contributed by atoms with Crippen molar-refractivity contribution in [2.75, 3.05) is 38.2 Å². The fourth-order valence-electron chi connectivity index (χ4n) is 3.60. The summed E-state index contributed by atoms with van der Waals surface area (Å²) < 4.78 is 50.3. The SMILES string of the molecule is COc1ccc(S(=O)(=O)N(CC(=O)NC[C@H]2COc3ccccc3O2)c2ccc(Cl)cc2)cc1OC. The molecule has 3 aromatic carbocycles. The van der Waals surface area contributed by atoms with Gasteiger partial charge in [0, 0.05) is 11.1 Å². The van der Waals surface area contributed by atoms with E-state index in [9.17, 15) is 13.2 Å². The number of halogens is 1. The number of nitrogens with zero attached hydrogens (tertiary/aromatic N) is 1. The van der Waals surface area contributed by atoms with Crippen LogP contribution in [0, 0.1) is 0 Å². The number of ether oxygens (including phenoxy) is 4. The molecule has 3 aromatic rings. The second-order valence-corrected chi connectivity index (χ2v) is 10.1. The lowest BCUT2D eigenvalue weighted by Gasteiger charge is -2.27. The number of hydrogen-bond acceptors (Lipinski definition) is 7. The fraction of sp³-hybridized carbons (Fsp3) is 0.240. The van der Waals surface area contributed by atoms with Crippen molar-refractivity contribution in [3.63, 3.8) is 0 Å². The second-order valence-electron chi connectivity index (χ2n) is 7.81. The zero-order valence-corrected chi connectivity index (χ0v) is 21.2. The number of benzene rings is 3. The number of fused-ring (bicyclic) bond motifs is 1. The first-order valence-electron chi connectivity index (χ1n) is 11.0. The van der Waals surface area contributed by atoms with Gasteiger partial charge in [-0.05, 0) is 48.5 Å². The molecule has 9 nitrogen and oxygen atoms in total. The largest absolute Gasteiger partial charge is 0.493 e. The molecule has 1 aliphatic heterocycles. The fourth-order valence-corrected chi connectivity index (χ4v) is 5.17. The molecule has 0 radical (unpaired) electrons. The van der Waals surface area contributed by atoms with Gasteiger partial charge in [-0.25, -0.2) is 8.42 Å². The summed E-state index contributed by atoms with van der Waals surface area (Å²) >= 11 is 5.99. The second kappa shape index (κ2) is 11.0. The minimum atomic E-state index is -4.16. The van der Waals surface area contributed by atoms with E-state index in [2.05, 4.69) is 5.32 Å². The highest BCUT2D eigenvalue weighted by Gasteiger charge is 2.29. The molecule has 0 aliphatic carbocycles. The van der Waals surface area contributed by atoms with Crippen LogP contribution in [0.15, 0.2) is 71.6 Å². The molecule has 36 heavy (non-hydrogen) atoms. The average molecular weight is 533 g/mol. The van der Waals surface area contributed by atoms with Gasteiger partial charge in [-0.15, -0.1) is 0 Å². The van der Waals surface area contributed by atoms with Gasteiger partial charge in [0.25, 0.3) is 10.0 Å². The van der Waals surface area contributed by atoms with Crippen LogP contribution in [0.25, 0.3) is 0 Å². The summed E-state index contributed by atoms with van der Waals surface area (Å²) in [5.74, 6) is 1.32. The van der Waals surface area contributed by atoms with Gasteiger partial charge in [0.15, 0.2) is 23.0 Å². The van der Waals surface area contributed by atoms with Crippen LogP contribution in [0.2, 0.25) is 5.02 Å². The van der Waals surface area contributed by atoms with Crippen molar-refractivity contribution in [1.82, 2.24) is 5.32 Å². The van der Waals surface area contributed by atoms with Gasteiger partial charge >= 0.3 is 0 Å². The highest BCUT2D eigenvalue weighted by atomic mass is 35.5. The van der Waals surface area contributed by atoms with Gasteiger partial charge in [0.1, 0.15) is 19.3 Å². The molecule has 4 rings (SSSR count). The number of carbonyl (C=O) groups excluding carboxylic acids is 1. The van der Waals surface area contributed by atoms with Gasteiger partial charge in [-0.3, -0.25) is 9.10 Å². The Morgan fingerprint density at radius 1 is 1.03 bits per heavy atom. The van der Waals surface area contributed by atoms with E-state index in [1.54, 1.807) is 24.3 Å². The molecule has 1 N–H and O–H groups in total. The zero-order valence-electron chi connectivity index (χ0n) is 19.6. The molecule has 0 aromatic heterocycles. The van der Waals surface area contributed by atoms with Crippen LogP contribution in [0.1, 0.15) is 0 Å². The van der Waals surface area contributed by atoms with Gasteiger partial charge < -0.3 is 24.3 Å². The molecule has 0 saturated carbocycles. The number of rotatable bonds is 9. The molecular formula is C25H25ClN2O7S. The number of methoxy groups -OCH3 is 2. The molecule has 1 atom stereocenters. The summed E-state index contributed by atoms with van der Waals surface area (Å²) in [6, 6.07) is 17.6. The van der Waals surface area contributed by atoms with Crippen LogP contribution in [0.4, 0.5) is 5.69 Å². The number of nitrogens with one attached hydrogen (secondary N) is 1. The van der Waals surface area contributed by atoms with Gasteiger partial charge in [0.2, 0.25) is 5.91 Å². The smallest absolute Gasteiger partial charge is 0.264 e. The van der Waals surface area contributed by atoms with Crippen LogP contribution in [-0.4, -0.2) is 54.3 Å². The quantitative estimate of drug-likeness (QED) is 0.450. The minimum Gasteiger partial charge on any atom is -0.493 e. The van der Waals surface area contributed by atoms with Crippen molar-refractivity contribution in [2.45, 2.75) is 11.0 Å². The van der Waals surface area contributed by atoms with Crippen molar-refractivity contribution in [3.05, 3.63) is 71.8 Å². The summed E-state index contributed by atoms with van der Waals surface area (Å²) in [4.78, 5) is 12.8. The number of amides is 1. The molecule has 1 aliphatic rings. The molecule has 0 bridgehead atoms. The van der Waals surface area contributed by atoms with E-state index in [-0.39, 0.29) is 29.5 Å². The molecule has 0 saturated heterocycles. The molecule has 0 unspecified atom stereocenters. The number of para-hydroxylation sites is 2. The van der Waals surface area contributed by atoms with Gasteiger partial charge in [-0.2, -0.15) is 0 Å². The third kappa shape index (κ3) is 5.60. The van der Waals surface area contributed by atoms with Crippen molar-refractivity contribution < 1.29 is 32.2 Å². The first kappa shape index (κ1) is 25.5. The lowest BCUT2D eigenvalue weighted by atomic mass is 10.2. The van der Waals surface area contributed by atoms with E-state index in [0.29, 0.717) is 22.3 Å². The number of carbonyl (C=O) groups is 1. The van der Waals surface area contributed by atoms with Crippen molar-refractivity contribution >= 4 is 33.2 Å². The lowest BCUT2D eigenvalue weighted by Crippen LogP contribution is -2.45. The Bertz CT molecular complexity index is 1330. The topological polar surface area (TPSA) is 103 Å². The minimum absolute atomic E-state index is 0.0662. The van der Waals surface area contributed by atoms with Crippen molar-refractivity contribution in [3.8, 4) is 23.0 Å². The monoisotopic (exact) mass is 532 g/mol. The highest BCUT2D eigenvalue weighted by Crippen LogP contribution is 2.33. The van der Waals surface area contributed by atoms with Gasteiger partial charge in [-0.1, -0.05) is 23.7 Å². The van der Waals surface area contributed by atoms with E-state index in [1.165, 1.54) is 44.6 Å². The normalized spacial score (nSPS) is 14.6. The lowest BCUT2D eigenvalue weighted by molar-refractivity contribution is -0.120. The first-order chi connectivity index (χ1) is 17.3. The number of sulfonamides is 1. The molecule has 0 spiro atoms. The molecular weight excluding hydrogens is 508 g/mol. The summed E-state index contributed by atoms with van der Waals surface area (Å²) in [5.41, 5.74) is 0.274. The predicted octanol–water partition coefficient (Wildman–Crippen LogP) is 3.51. The van der Waals surface area contributed by atoms with E-state index in [1.807, 2.05) is 12.1 Å². The maximum Gasteiger partial charge on any atom is 0.264 e. The summed E-state index contributed by atoms with van der Waals surface area (Å²) in [7, 11) is -1.30. The molecule has 11 heteroatoms. The van der Waals surface area contributed by atoms with E-state index >= 15 is 0 Å². The Hall–Kier alpha value is -3.63. The Balaban J connectivity index is 1.53. The van der Waals surface area contributed by atoms with E-state index < -0.39 is 28.6 Å². The van der Waals surface area contributed by atoms with E-state index in [0.717, 1.165) is 4.31 Å². The third-order valence-corrected chi connectivity index (χ3v) is 7.46. The van der Waals surface area contributed by atoms with E-state index in [4.69, 9.17) is 30.5 Å². The molecule has 1 heterocycles. The standard InChI is InChI=1S/C25H25ClN2O7S/c1-32-21-12-11-20(13-24(21)33-2)36(30,31)28(18-9-7-17(26)8-10-18)15-25(29)27-14-19-16-34-22-5-3-4-6-23(22)35-19/h3-13,19H,14-16H2,1-2H3,(H,27,29)/t19-/m0/s1. The maximum absolute atomic E-state index is 13.6. The number of hydrogen-bond donors (Lipinski definition) is 1. The average Bonchev–Trinajstić information content (AvgIpc) is 2.90. The summed E-state index contributed by atoms with van der Waals surface area (Å²) in [6.45, 7) is -0.0807. The van der Waals surface area contributed by atoms with Crippen LogP contribution >= 0.6 is 11.6 Å². The Kier molecular flexibility index (Phi) is 7.76. The van der Waals surface area contributed by atoms with Crippen LogP contribution in [0.5, 0.6) is 23.0 Å². The summed E-state index contributed by atoms with van der Waals surface area (Å²) in [6.07, 6.45) is -0.421. The van der Waals surface area contributed by atoms with Crippen molar-refractivity contribution in [2.24, 2.45) is 0 Å². The molecule has 1 amide bonds. The Labute approximate surface area is 214 Å². The highest BCUT2D eigenvalue weighted by molar-refractivity contribution is 7.92. The molecule has 190 valence electrons. The van der Waals surface area contributed by atoms with Crippen molar-refractivity contribution in [1.29, 1.82) is 0 Å². The number of anilines is 1. The van der Waals surface area contributed by atoms with Crippen LogP contribution in [-0.2, 0) is 14.8 Å².